The van der Waals surface area contributed by atoms with Gasteiger partial charge in [-0.05, 0) is 18.1 Å². The lowest BCUT2D eigenvalue weighted by molar-refractivity contribution is -0.458. The van der Waals surface area contributed by atoms with Crippen molar-refractivity contribution in [2.75, 3.05) is 16.7 Å². The van der Waals surface area contributed by atoms with E-state index in [2.05, 4.69) is 0 Å². The standard InChI is InChI=1S/C9H10N2O4S/c12-11(13)7-16(14,15)10-6-5-8-3-1-2-4-9(8)10/h1-4H,5-7H2. The lowest BCUT2D eigenvalue weighted by Crippen LogP contribution is -2.33. The van der Waals surface area contributed by atoms with E-state index in [1.807, 2.05) is 12.1 Å². The third-order valence-electron chi connectivity index (χ3n) is 2.45. The fourth-order valence-corrected chi connectivity index (χ4v) is 3.05. The van der Waals surface area contributed by atoms with Crippen molar-refractivity contribution in [3.05, 3.63) is 39.9 Å². The van der Waals surface area contributed by atoms with Crippen molar-refractivity contribution in [2.45, 2.75) is 6.42 Å². The third kappa shape index (κ3) is 1.85. The Balaban J connectivity index is 2.35. The van der Waals surface area contributed by atoms with Gasteiger partial charge in [0.15, 0.2) is 0 Å². The number of nitrogens with zero attached hydrogens (tertiary/aromatic N) is 2. The molecule has 0 bridgehead atoms. The molecule has 1 aliphatic heterocycles. The van der Waals surface area contributed by atoms with Gasteiger partial charge in [-0.3, -0.25) is 14.4 Å². The molecular weight excluding hydrogens is 232 g/mol. The highest BCUT2D eigenvalue weighted by Gasteiger charge is 2.32. The van der Waals surface area contributed by atoms with E-state index in [1.54, 1.807) is 12.1 Å². The normalized spacial score (nSPS) is 14.9. The van der Waals surface area contributed by atoms with Crippen molar-refractivity contribution in [1.29, 1.82) is 0 Å². The molecule has 6 nitrogen and oxygen atoms in total. The second-order valence-electron chi connectivity index (χ2n) is 3.52. The molecule has 0 saturated heterocycles. The number of rotatable bonds is 3. The summed E-state index contributed by atoms with van der Waals surface area (Å²) in [5.74, 6) is -1.05. The summed E-state index contributed by atoms with van der Waals surface area (Å²) in [5, 5.41) is 10.3. The Hall–Kier alpha value is -1.63. The van der Waals surface area contributed by atoms with Crippen LogP contribution < -0.4 is 4.31 Å². The number of hydrogen-bond donors (Lipinski definition) is 0. The average molecular weight is 242 g/mol. The van der Waals surface area contributed by atoms with Crippen molar-refractivity contribution >= 4 is 15.7 Å². The first-order chi connectivity index (χ1) is 7.50. The first kappa shape index (κ1) is 10.9. The molecule has 0 unspecified atom stereocenters. The Bertz CT molecular complexity index is 526. The van der Waals surface area contributed by atoms with Crippen LogP contribution in [0.25, 0.3) is 0 Å². The molecule has 1 heterocycles. The van der Waals surface area contributed by atoms with E-state index in [0.717, 1.165) is 9.87 Å². The monoisotopic (exact) mass is 242 g/mol. The second kappa shape index (κ2) is 3.75. The molecule has 0 aromatic heterocycles. The molecular formula is C9H10N2O4S. The minimum atomic E-state index is -3.84. The molecule has 1 aromatic rings. The van der Waals surface area contributed by atoms with Crippen molar-refractivity contribution in [2.24, 2.45) is 0 Å². The fourth-order valence-electron chi connectivity index (χ4n) is 1.80. The number of sulfonamides is 1. The molecule has 0 fully saturated rings. The Labute approximate surface area is 92.7 Å². The van der Waals surface area contributed by atoms with Gasteiger partial charge in [0.1, 0.15) is 0 Å². The first-order valence-electron chi connectivity index (χ1n) is 4.71. The van der Waals surface area contributed by atoms with Gasteiger partial charge in [0.2, 0.25) is 0 Å². The van der Waals surface area contributed by atoms with E-state index in [9.17, 15) is 18.5 Å². The van der Waals surface area contributed by atoms with Gasteiger partial charge >= 0.3 is 15.9 Å². The van der Waals surface area contributed by atoms with Gasteiger partial charge in [-0.2, -0.15) is 8.42 Å². The highest BCUT2D eigenvalue weighted by Crippen LogP contribution is 2.29. The zero-order valence-corrected chi connectivity index (χ0v) is 9.18. The van der Waals surface area contributed by atoms with Crippen LogP contribution in [0.2, 0.25) is 0 Å². The highest BCUT2D eigenvalue weighted by molar-refractivity contribution is 7.92. The molecule has 0 amide bonds. The van der Waals surface area contributed by atoms with Crippen molar-refractivity contribution < 1.29 is 13.3 Å². The summed E-state index contributed by atoms with van der Waals surface area (Å²) < 4.78 is 24.5. The number of para-hydroxylation sites is 1. The summed E-state index contributed by atoms with van der Waals surface area (Å²) >= 11 is 0. The molecule has 0 saturated carbocycles. The summed E-state index contributed by atoms with van der Waals surface area (Å²) in [6.07, 6.45) is 0.604. The minimum Gasteiger partial charge on any atom is -0.264 e. The summed E-state index contributed by atoms with van der Waals surface area (Å²) in [6, 6.07) is 7.04. The van der Waals surface area contributed by atoms with E-state index < -0.39 is 20.8 Å². The molecule has 1 aliphatic rings. The molecule has 86 valence electrons. The largest absolute Gasteiger partial charge is 0.320 e. The Kier molecular flexibility index (Phi) is 2.55. The Morgan fingerprint density at radius 2 is 2.06 bits per heavy atom. The van der Waals surface area contributed by atoms with Crippen molar-refractivity contribution in [3.63, 3.8) is 0 Å². The molecule has 0 atom stereocenters. The smallest absolute Gasteiger partial charge is 0.264 e. The lowest BCUT2D eigenvalue weighted by Gasteiger charge is -2.16. The SMILES string of the molecule is O=[N+]([O-])CS(=O)(=O)N1CCc2ccccc21. The van der Waals surface area contributed by atoms with Crippen LogP contribution >= 0.6 is 0 Å². The van der Waals surface area contributed by atoms with E-state index >= 15 is 0 Å². The van der Waals surface area contributed by atoms with Crippen molar-refractivity contribution in [3.8, 4) is 0 Å². The van der Waals surface area contributed by atoms with Gasteiger partial charge in [0, 0.05) is 11.5 Å². The molecule has 0 N–H and O–H groups in total. The van der Waals surface area contributed by atoms with Crippen LogP contribution in [0.15, 0.2) is 24.3 Å². The molecule has 2 rings (SSSR count). The van der Waals surface area contributed by atoms with Crippen molar-refractivity contribution in [1.82, 2.24) is 0 Å². The minimum absolute atomic E-state index is 0.287. The van der Waals surface area contributed by atoms with Gasteiger partial charge in [0.25, 0.3) is 0 Å². The van der Waals surface area contributed by atoms with Crippen LogP contribution in [0, 0.1) is 10.1 Å². The Morgan fingerprint density at radius 3 is 2.75 bits per heavy atom. The summed E-state index contributed by atoms with van der Waals surface area (Å²) in [6.45, 7) is 0.287. The van der Waals surface area contributed by atoms with Crippen LogP contribution in [0.3, 0.4) is 0 Å². The van der Waals surface area contributed by atoms with E-state index in [-0.39, 0.29) is 6.54 Å². The van der Waals surface area contributed by atoms with Crippen LogP contribution in [0.1, 0.15) is 5.56 Å². The molecule has 0 radical (unpaired) electrons. The summed E-state index contributed by atoms with van der Waals surface area (Å²) in [5.41, 5.74) is 1.47. The van der Waals surface area contributed by atoms with E-state index in [1.165, 1.54) is 0 Å². The van der Waals surface area contributed by atoms with Crippen LogP contribution in [-0.2, 0) is 16.4 Å². The average Bonchev–Trinajstić information content (AvgIpc) is 2.59. The number of hydrogen-bond acceptors (Lipinski definition) is 4. The maximum Gasteiger partial charge on any atom is 0.320 e. The van der Waals surface area contributed by atoms with Gasteiger partial charge in [-0.15, -0.1) is 0 Å². The molecule has 16 heavy (non-hydrogen) atoms. The van der Waals surface area contributed by atoms with Crippen LogP contribution in [-0.4, -0.2) is 25.8 Å². The van der Waals surface area contributed by atoms with E-state index in [4.69, 9.17) is 0 Å². The maximum atomic E-state index is 11.7. The molecule has 1 aromatic carbocycles. The summed E-state index contributed by atoms with van der Waals surface area (Å²) in [7, 11) is -3.84. The topological polar surface area (TPSA) is 80.5 Å². The van der Waals surface area contributed by atoms with Gasteiger partial charge in [-0.25, -0.2) is 0 Å². The predicted molar refractivity (Wildman–Crippen MR) is 58.3 cm³/mol. The quantitative estimate of drug-likeness (QED) is 0.574. The first-order valence-corrected chi connectivity index (χ1v) is 6.32. The number of fused-ring (bicyclic) bond motifs is 1. The fraction of sp³-hybridized carbons (Fsp3) is 0.333. The van der Waals surface area contributed by atoms with Gasteiger partial charge in [0.05, 0.1) is 5.69 Å². The number of nitro groups is 1. The molecule has 0 spiro atoms. The van der Waals surface area contributed by atoms with Gasteiger partial charge in [-0.1, -0.05) is 18.2 Å². The van der Waals surface area contributed by atoms with Gasteiger partial charge < -0.3 is 0 Å². The second-order valence-corrected chi connectivity index (χ2v) is 5.39. The summed E-state index contributed by atoms with van der Waals surface area (Å²) in [4.78, 5) is 9.46. The molecule has 0 aliphatic carbocycles. The predicted octanol–water partition coefficient (Wildman–Crippen LogP) is 0.613. The zero-order chi connectivity index (χ0) is 11.8. The van der Waals surface area contributed by atoms with Crippen LogP contribution in [0.4, 0.5) is 5.69 Å². The third-order valence-corrected chi connectivity index (χ3v) is 4.04. The highest BCUT2D eigenvalue weighted by atomic mass is 32.2. The number of anilines is 1. The number of benzene rings is 1. The van der Waals surface area contributed by atoms with E-state index in [0.29, 0.717) is 12.1 Å². The maximum absolute atomic E-state index is 11.7. The zero-order valence-electron chi connectivity index (χ0n) is 8.37. The molecule has 7 heteroatoms. The van der Waals surface area contributed by atoms with Crippen LogP contribution in [0.5, 0.6) is 0 Å². The Morgan fingerprint density at radius 1 is 1.38 bits per heavy atom. The lowest BCUT2D eigenvalue weighted by atomic mass is 10.2.